The predicted molar refractivity (Wildman–Crippen MR) is 37.6 cm³/mol. The molecule has 0 unspecified atom stereocenters. The minimum atomic E-state index is -0.730. The first-order chi connectivity index (χ1) is 5.16. The summed E-state index contributed by atoms with van der Waals surface area (Å²) in [6, 6.07) is 0. The standard InChI is InChI=1S/C7H7NO3/c1-2-3-4-5(9)7(11)8-6(4)10/h2H,1,3H2,(H2,8,9,10,11). The lowest BCUT2D eigenvalue weighted by atomic mass is 10.2. The maximum Gasteiger partial charge on any atom is 0.293 e. The molecule has 0 aromatic rings. The maximum absolute atomic E-state index is 10.8. The van der Waals surface area contributed by atoms with Gasteiger partial charge in [-0.25, -0.2) is 0 Å². The molecule has 1 aliphatic heterocycles. The second-order valence-electron chi connectivity index (χ2n) is 2.10. The fourth-order valence-corrected chi connectivity index (χ4v) is 0.816. The van der Waals surface area contributed by atoms with E-state index in [4.69, 9.17) is 5.11 Å². The Morgan fingerprint density at radius 3 is 2.45 bits per heavy atom. The first-order valence-electron chi connectivity index (χ1n) is 3.05. The van der Waals surface area contributed by atoms with Crippen molar-refractivity contribution in [3.05, 3.63) is 24.0 Å². The number of nitrogens with one attached hydrogen (secondary N) is 1. The number of carbonyl (C=O) groups is 2. The van der Waals surface area contributed by atoms with Crippen LogP contribution in [-0.4, -0.2) is 16.9 Å². The van der Waals surface area contributed by atoms with Crippen molar-refractivity contribution >= 4 is 11.8 Å². The van der Waals surface area contributed by atoms with E-state index in [0.717, 1.165) is 0 Å². The van der Waals surface area contributed by atoms with Gasteiger partial charge in [0.2, 0.25) is 0 Å². The van der Waals surface area contributed by atoms with E-state index in [-0.39, 0.29) is 12.0 Å². The SMILES string of the molecule is C=CCC1=C(O)C(=O)NC1=O. The smallest absolute Gasteiger partial charge is 0.293 e. The average molecular weight is 153 g/mol. The van der Waals surface area contributed by atoms with Crippen molar-refractivity contribution in [3.8, 4) is 0 Å². The van der Waals surface area contributed by atoms with Gasteiger partial charge in [0.1, 0.15) is 0 Å². The summed E-state index contributed by atoms with van der Waals surface area (Å²) in [5.41, 5.74) is 0.0880. The molecule has 1 aliphatic rings. The quantitative estimate of drug-likeness (QED) is 0.434. The van der Waals surface area contributed by atoms with Gasteiger partial charge < -0.3 is 5.11 Å². The third-order valence-corrected chi connectivity index (χ3v) is 1.35. The lowest BCUT2D eigenvalue weighted by Gasteiger charge is -1.90. The summed E-state index contributed by atoms with van der Waals surface area (Å²) in [5.74, 6) is -1.76. The summed E-state index contributed by atoms with van der Waals surface area (Å²) >= 11 is 0. The molecule has 4 heteroatoms. The molecule has 1 rings (SSSR count). The van der Waals surface area contributed by atoms with Crippen molar-refractivity contribution in [2.24, 2.45) is 0 Å². The minimum absolute atomic E-state index is 0.0880. The second-order valence-corrected chi connectivity index (χ2v) is 2.10. The molecule has 58 valence electrons. The van der Waals surface area contributed by atoms with Crippen LogP contribution < -0.4 is 5.32 Å². The first kappa shape index (κ1) is 7.53. The predicted octanol–water partition coefficient (Wildman–Crippen LogP) is 0.0310. The Balaban J connectivity index is 2.96. The Morgan fingerprint density at radius 1 is 1.45 bits per heavy atom. The third-order valence-electron chi connectivity index (χ3n) is 1.35. The lowest BCUT2D eigenvalue weighted by molar-refractivity contribution is -0.125. The summed E-state index contributed by atoms with van der Waals surface area (Å²) < 4.78 is 0. The van der Waals surface area contributed by atoms with Crippen LogP contribution in [0, 0.1) is 0 Å². The number of amides is 2. The van der Waals surface area contributed by atoms with Crippen molar-refractivity contribution < 1.29 is 14.7 Å². The Hall–Kier alpha value is -1.58. The van der Waals surface area contributed by atoms with E-state index in [2.05, 4.69) is 6.58 Å². The number of hydrogen-bond donors (Lipinski definition) is 2. The van der Waals surface area contributed by atoms with Crippen LogP contribution in [0.5, 0.6) is 0 Å². The zero-order valence-corrected chi connectivity index (χ0v) is 5.76. The maximum atomic E-state index is 10.8. The summed E-state index contributed by atoms with van der Waals surface area (Å²) in [5, 5.41) is 10.9. The topological polar surface area (TPSA) is 66.4 Å². The molecular weight excluding hydrogens is 146 g/mol. The second kappa shape index (κ2) is 2.57. The fourth-order valence-electron chi connectivity index (χ4n) is 0.816. The van der Waals surface area contributed by atoms with Crippen LogP contribution in [0.2, 0.25) is 0 Å². The molecule has 0 aliphatic carbocycles. The van der Waals surface area contributed by atoms with Crippen LogP contribution in [0.15, 0.2) is 24.0 Å². The molecule has 0 aromatic heterocycles. The van der Waals surface area contributed by atoms with Gasteiger partial charge in [-0.15, -0.1) is 6.58 Å². The van der Waals surface area contributed by atoms with Crippen LogP contribution in [0.25, 0.3) is 0 Å². The van der Waals surface area contributed by atoms with Crippen molar-refractivity contribution in [1.82, 2.24) is 5.32 Å². The Kier molecular flexibility index (Phi) is 1.76. The van der Waals surface area contributed by atoms with Gasteiger partial charge in [-0.2, -0.15) is 0 Å². The molecule has 4 nitrogen and oxygen atoms in total. The zero-order chi connectivity index (χ0) is 8.43. The van der Waals surface area contributed by atoms with Gasteiger partial charge in [-0.3, -0.25) is 14.9 Å². The van der Waals surface area contributed by atoms with Gasteiger partial charge in [0.05, 0.1) is 5.57 Å². The van der Waals surface area contributed by atoms with Gasteiger partial charge in [0.25, 0.3) is 11.8 Å². The Bertz CT molecular complexity index is 265. The molecule has 0 aromatic carbocycles. The van der Waals surface area contributed by atoms with E-state index in [9.17, 15) is 9.59 Å². The molecule has 11 heavy (non-hydrogen) atoms. The Labute approximate surface area is 63.2 Å². The van der Waals surface area contributed by atoms with Crippen LogP contribution in [0.1, 0.15) is 6.42 Å². The highest BCUT2D eigenvalue weighted by Gasteiger charge is 2.28. The Morgan fingerprint density at radius 2 is 2.09 bits per heavy atom. The molecule has 2 N–H and O–H groups in total. The molecule has 1 heterocycles. The van der Waals surface area contributed by atoms with E-state index in [1.807, 2.05) is 5.32 Å². The highest BCUT2D eigenvalue weighted by Crippen LogP contribution is 2.13. The molecule has 0 saturated heterocycles. The average Bonchev–Trinajstić information content (AvgIpc) is 2.17. The van der Waals surface area contributed by atoms with Crippen LogP contribution in [0.3, 0.4) is 0 Å². The van der Waals surface area contributed by atoms with E-state index < -0.39 is 17.6 Å². The monoisotopic (exact) mass is 153 g/mol. The minimum Gasteiger partial charge on any atom is -0.503 e. The number of aliphatic hydroxyl groups excluding tert-OH is 1. The number of allylic oxidation sites excluding steroid dienone is 1. The lowest BCUT2D eigenvalue weighted by Crippen LogP contribution is -2.23. The largest absolute Gasteiger partial charge is 0.503 e. The first-order valence-corrected chi connectivity index (χ1v) is 3.05. The van der Waals surface area contributed by atoms with Crippen LogP contribution in [-0.2, 0) is 9.59 Å². The third kappa shape index (κ3) is 1.14. The summed E-state index contributed by atoms with van der Waals surface area (Å²) in [6.45, 7) is 3.38. The normalized spacial score (nSPS) is 17.1. The molecule has 0 saturated carbocycles. The van der Waals surface area contributed by atoms with E-state index in [1.165, 1.54) is 6.08 Å². The number of aliphatic hydroxyl groups is 1. The molecule has 2 amide bonds. The number of rotatable bonds is 2. The van der Waals surface area contributed by atoms with Gasteiger partial charge in [-0.05, 0) is 6.42 Å². The van der Waals surface area contributed by atoms with Gasteiger partial charge in [0, 0.05) is 0 Å². The zero-order valence-electron chi connectivity index (χ0n) is 5.76. The van der Waals surface area contributed by atoms with Crippen molar-refractivity contribution in [3.63, 3.8) is 0 Å². The molecular formula is C7H7NO3. The summed E-state index contributed by atoms with van der Waals surface area (Å²) in [4.78, 5) is 21.4. The van der Waals surface area contributed by atoms with E-state index >= 15 is 0 Å². The highest BCUT2D eigenvalue weighted by atomic mass is 16.3. The summed E-state index contributed by atoms with van der Waals surface area (Å²) in [6.07, 6.45) is 1.66. The number of imide groups is 1. The van der Waals surface area contributed by atoms with Gasteiger partial charge in [-0.1, -0.05) is 6.08 Å². The number of carbonyl (C=O) groups excluding carboxylic acids is 2. The van der Waals surface area contributed by atoms with Crippen molar-refractivity contribution in [1.29, 1.82) is 0 Å². The van der Waals surface area contributed by atoms with E-state index in [1.54, 1.807) is 0 Å². The van der Waals surface area contributed by atoms with E-state index in [0.29, 0.717) is 0 Å². The fraction of sp³-hybridized carbons (Fsp3) is 0.143. The molecule has 0 bridgehead atoms. The number of hydrogen-bond acceptors (Lipinski definition) is 3. The highest BCUT2D eigenvalue weighted by molar-refractivity contribution is 6.18. The molecule has 0 atom stereocenters. The van der Waals surface area contributed by atoms with Crippen molar-refractivity contribution in [2.75, 3.05) is 0 Å². The van der Waals surface area contributed by atoms with Gasteiger partial charge in [0.15, 0.2) is 5.76 Å². The van der Waals surface area contributed by atoms with Crippen LogP contribution >= 0.6 is 0 Å². The molecule has 0 fully saturated rings. The molecule has 0 radical (unpaired) electrons. The van der Waals surface area contributed by atoms with Gasteiger partial charge >= 0.3 is 0 Å². The van der Waals surface area contributed by atoms with Crippen LogP contribution in [0.4, 0.5) is 0 Å². The molecule has 0 spiro atoms. The van der Waals surface area contributed by atoms with Crippen molar-refractivity contribution in [2.45, 2.75) is 6.42 Å². The summed E-state index contributed by atoms with van der Waals surface area (Å²) in [7, 11) is 0.